The highest BCUT2D eigenvalue weighted by molar-refractivity contribution is 6.00. The molecule has 0 aliphatic carbocycles. The lowest BCUT2D eigenvalue weighted by Gasteiger charge is -2.29. The van der Waals surface area contributed by atoms with E-state index in [0.717, 1.165) is 12.0 Å². The molecule has 0 unspecified atom stereocenters. The molecule has 0 saturated heterocycles. The Hall–Kier alpha value is -3.48. The van der Waals surface area contributed by atoms with E-state index in [1.807, 2.05) is 63.2 Å². The molecule has 3 amide bonds. The van der Waals surface area contributed by atoms with Crippen LogP contribution in [0, 0.1) is 0 Å². The van der Waals surface area contributed by atoms with Crippen molar-refractivity contribution in [2.75, 3.05) is 30.8 Å². The fraction of sp³-hybridized carbons (Fsp3) is 0.333. The van der Waals surface area contributed by atoms with Gasteiger partial charge in [-0.15, -0.1) is 0 Å². The van der Waals surface area contributed by atoms with Crippen LogP contribution in [0.3, 0.4) is 0 Å². The number of ether oxygens (including phenoxy) is 2. The van der Waals surface area contributed by atoms with E-state index in [0.29, 0.717) is 30.2 Å². The van der Waals surface area contributed by atoms with Crippen LogP contribution >= 0.6 is 0 Å². The van der Waals surface area contributed by atoms with Crippen molar-refractivity contribution < 1.29 is 19.1 Å². The second-order valence-electron chi connectivity index (χ2n) is 8.26. The van der Waals surface area contributed by atoms with Crippen LogP contribution in [0.25, 0.3) is 5.57 Å². The first-order valence-corrected chi connectivity index (χ1v) is 10.2. The van der Waals surface area contributed by atoms with Gasteiger partial charge in [0, 0.05) is 18.8 Å². The van der Waals surface area contributed by atoms with Crippen LogP contribution in [0.2, 0.25) is 0 Å². The normalized spacial score (nSPS) is 13.8. The highest BCUT2D eigenvalue weighted by Crippen LogP contribution is 2.26. The monoisotopic (exact) mass is 423 g/mol. The van der Waals surface area contributed by atoms with Gasteiger partial charge in [-0.25, -0.2) is 9.59 Å². The predicted octanol–water partition coefficient (Wildman–Crippen LogP) is 5.36. The van der Waals surface area contributed by atoms with Crippen molar-refractivity contribution in [1.82, 2.24) is 4.90 Å². The molecule has 0 spiro atoms. The van der Waals surface area contributed by atoms with Crippen LogP contribution in [0.1, 0.15) is 32.8 Å². The number of carbonyl (C=O) groups excluding carboxylic acids is 2. The summed E-state index contributed by atoms with van der Waals surface area (Å²) in [7, 11) is 1.56. The van der Waals surface area contributed by atoms with Gasteiger partial charge in [0.25, 0.3) is 0 Å². The highest BCUT2D eigenvalue weighted by Gasteiger charge is 2.23. The predicted molar refractivity (Wildman–Crippen MR) is 122 cm³/mol. The molecule has 0 aromatic heterocycles. The first-order valence-electron chi connectivity index (χ1n) is 10.2. The molecular weight excluding hydrogens is 394 g/mol. The van der Waals surface area contributed by atoms with Crippen molar-refractivity contribution in [3.8, 4) is 5.75 Å². The molecule has 2 aromatic carbocycles. The van der Waals surface area contributed by atoms with E-state index in [4.69, 9.17) is 9.47 Å². The second kappa shape index (κ2) is 9.55. The molecule has 31 heavy (non-hydrogen) atoms. The molecule has 3 rings (SSSR count). The van der Waals surface area contributed by atoms with Gasteiger partial charge in [0.05, 0.1) is 12.8 Å². The summed E-state index contributed by atoms with van der Waals surface area (Å²) in [5.41, 5.74) is 3.02. The van der Waals surface area contributed by atoms with E-state index < -0.39 is 5.60 Å². The van der Waals surface area contributed by atoms with Crippen molar-refractivity contribution in [2.45, 2.75) is 32.8 Å². The summed E-state index contributed by atoms with van der Waals surface area (Å²) < 4.78 is 10.7. The molecule has 0 radical (unpaired) electrons. The third-order valence-electron chi connectivity index (χ3n) is 4.73. The van der Waals surface area contributed by atoms with Gasteiger partial charge < -0.3 is 25.0 Å². The minimum absolute atomic E-state index is 0.289. The van der Waals surface area contributed by atoms with E-state index in [-0.39, 0.29) is 12.1 Å². The van der Waals surface area contributed by atoms with Crippen molar-refractivity contribution >= 4 is 29.1 Å². The van der Waals surface area contributed by atoms with Crippen LogP contribution in [0.15, 0.2) is 54.6 Å². The number of para-hydroxylation sites is 2. The third kappa shape index (κ3) is 6.25. The summed E-state index contributed by atoms with van der Waals surface area (Å²) in [5, 5.41) is 5.60. The molecule has 0 saturated carbocycles. The van der Waals surface area contributed by atoms with Gasteiger partial charge in [-0.2, -0.15) is 0 Å². The molecule has 164 valence electrons. The Balaban J connectivity index is 1.57. The standard InChI is InChI=1S/C24H29N3O4/c1-24(2,3)31-23(29)27-15-13-18(14-16-27)17-9-11-19(12-10-17)25-22(28)26-20-7-5-6-8-21(20)30-4/h5-13H,14-16H2,1-4H3,(H2,25,26,28). The van der Waals surface area contributed by atoms with Gasteiger partial charge in [-0.05, 0) is 62.6 Å². The van der Waals surface area contributed by atoms with Gasteiger partial charge in [0.1, 0.15) is 11.4 Å². The maximum Gasteiger partial charge on any atom is 0.410 e. The summed E-state index contributed by atoms with van der Waals surface area (Å²) in [4.78, 5) is 26.2. The fourth-order valence-corrected chi connectivity index (χ4v) is 3.22. The number of carbonyl (C=O) groups is 2. The van der Waals surface area contributed by atoms with E-state index >= 15 is 0 Å². The molecule has 0 fully saturated rings. The van der Waals surface area contributed by atoms with Crippen LogP contribution in [0.4, 0.5) is 21.0 Å². The Morgan fingerprint density at radius 1 is 1.00 bits per heavy atom. The number of nitrogens with one attached hydrogen (secondary N) is 2. The maximum atomic E-state index is 12.3. The average Bonchev–Trinajstić information content (AvgIpc) is 2.73. The van der Waals surface area contributed by atoms with Gasteiger partial charge in [-0.3, -0.25) is 0 Å². The molecule has 1 aliphatic rings. The molecular formula is C24H29N3O4. The number of methoxy groups -OCH3 is 1. The number of rotatable bonds is 4. The zero-order chi connectivity index (χ0) is 22.4. The van der Waals surface area contributed by atoms with Gasteiger partial charge in [-0.1, -0.05) is 30.3 Å². The minimum Gasteiger partial charge on any atom is -0.495 e. The summed E-state index contributed by atoms with van der Waals surface area (Å²) >= 11 is 0. The Bertz CT molecular complexity index is 962. The molecule has 0 bridgehead atoms. The second-order valence-corrected chi connectivity index (χ2v) is 8.26. The molecule has 1 aliphatic heterocycles. The number of amides is 3. The number of hydrogen-bond acceptors (Lipinski definition) is 4. The summed E-state index contributed by atoms with van der Waals surface area (Å²) in [6.45, 7) is 6.72. The lowest BCUT2D eigenvalue weighted by molar-refractivity contribution is 0.0270. The topological polar surface area (TPSA) is 79.9 Å². The summed E-state index contributed by atoms with van der Waals surface area (Å²) in [6, 6.07) is 14.5. The number of benzene rings is 2. The van der Waals surface area contributed by atoms with E-state index in [1.54, 1.807) is 24.1 Å². The van der Waals surface area contributed by atoms with Gasteiger partial charge in [0.15, 0.2) is 0 Å². The van der Waals surface area contributed by atoms with Crippen LogP contribution in [-0.2, 0) is 4.74 Å². The smallest absolute Gasteiger partial charge is 0.410 e. The van der Waals surface area contributed by atoms with Crippen molar-refractivity contribution in [3.05, 3.63) is 60.2 Å². The lowest BCUT2D eigenvalue weighted by Crippen LogP contribution is -2.39. The van der Waals surface area contributed by atoms with Crippen LogP contribution < -0.4 is 15.4 Å². The average molecular weight is 424 g/mol. The summed E-state index contributed by atoms with van der Waals surface area (Å²) in [5.74, 6) is 0.595. The molecule has 7 nitrogen and oxygen atoms in total. The molecule has 2 N–H and O–H groups in total. The van der Waals surface area contributed by atoms with Crippen LogP contribution in [0.5, 0.6) is 5.75 Å². The van der Waals surface area contributed by atoms with E-state index in [1.165, 1.54) is 5.57 Å². The SMILES string of the molecule is COc1ccccc1NC(=O)Nc1ccc(C2=CCN(C(=O)OC(C)(C)C)CC2)cc1. The Kier molecular flexibility index (Phi) is 6.84. The first-order chi connectivity index (χ1) is 14.7. The highest BCUT2D eigenvalue weighted by atomic mass is 16.6. The maximum absolute atomic E-state index is 12.3. The quantitative estimate of drug-likeness (QED) is 0.693. The number of urea groups is 1. The Morgan fingerprint density at radius 2 is 1.71 bits per heavy atom. The molecule has 0 atom stereocenters. The largest absolute Gasteiger partial charge is 0.495 e. The zero-order valence-corrected chi connectivity index (χ0v) is 18.4. The van der Waals surface area contributed by atoms with E-state index in [2.05, 4.69) is 10.6 Å². The van der Waals surface area contributed by atoms with Crippen molar-refractivity contribution in [2.24, 2.45) is 0 Å². The molecule has 1 heterocycles. The zero-order valence-electron chi connectivity index (χ0n) is 18.4. The Morgan fingerprint density at radius 3 is 2.32 bits per heavy atom. The Labute approximate surface area is 183 Å². The fourth-order valence-electron chi connectivity index (χ4n) is 3.22. The molecule has 7 heteroatoms. The van der Waals surface area contributed by atoms with Gasteiger partial charge in [0.2, 0.25) is 0 Å². The summed E-state index contributed by atoms with van der Waals surface area (Å²) in [6.07, 6.45) is 2.51. The number of hydrogen-bond donors (Lipinski definition) is 2. The first kappa shape index (κ1) is 22.2. The lowest BCUT2D eigenvalue weighted by atomic mass is 9.99. The number of anilines is 2. The minimum atomic E-state index is -0.498. The third-order valence-corrected chi connectivity index (χ3v) is 4.73. The van der Waals surface area contributed by atoms with Crippen molar-refractivity contribution in [1.29, 1.82) is 0 Å². The van der Waals surface area contributed by atoms with Gasteiger partial charge >= 0.3 is 12.1 Å². The van der Waals surface area contributed by atoms with E-state index in [9.17, 15) is 9.59 Å². The van der Waals surface area contributed by atoms with Crippen LogP contribution in [-0.4, -0.2) is 42.8 Å². The number of nitrogens with zero attached hydrogens (tertiary/aromatic N) is 1. The van der Waals surface area contributed by atoms with Crippen molar-refractivity contribution in [3.63, 3.8) is 0 Å². The molecule has 2 aromatic rings.